The van der Waals surface area contributed by atoms with Gasteiger partial charge in [0, 0.05) is 0 Å². The van der Waals surface area contributed by atoms with Crippen LogP contribution in [-0.4, -0.2) is 25.2 Å². The molecule has 62 valence electrons. The highest BCUT2D eigenvalue weighted by Crippen LogP contribution is 2.05. The van der Waals surface area contributed by atoms with Crippen LogP contribution in [0.3, 0.4) is 0 Å². The van der Waals surface area contributed by atoms with Crippen molar-refractivity contribution >= 4 is 0 Å². The lowest BCUT2D eigenvalue weighted by Gasteiger charge is -2.19. The van der Waals surface area contributed by atoms with Crippen LogP contribution in [0.2, 0.25) is 0 Å². The first-order valence-corrected chi connectivity index (χ1v) is 3.96. The first-order valence-electron chi connectivity index (χ1n) is 3.96. The maximum Gasteiger partial charge on any atom is 0.0566 e. The number of nitrogens with two attached hydrogens (primary N) is 1. The fraction of sp³-hybridized carbons (Fsp3) is 1.00. The molecule has 0 rings (SSSR count). The van der Waals surface area contributed by atoms with Gasteiger partial charge in [0.05, 0.1) is 6.17 Å². The SMILES string of the molecule is CC(C)CCC(N)N(C)C. The third-order valence-electron chi connectivity index (χ3n) is 1.70. The summed E-state index contributed by atoms with van der Waals surface area (Å²) in [5, 5.41) is 0. The van der Waals surface area contributed by atoms with Crippen molar-refractivity contribution in [3.8, 4) is 0 Å². The van der Waals surface area contributed by atoms with Gasteiger partial charge in [-0.2, -0.15) is 0 Å². The summed E-state index contributed by atoms with van der Waals surface area (Å²) in [4.78, 5) is 2.06. The summed E-state index contributed by atoms with van der Waals surface area (Å²) in [5.74, 6) is 0.769. The topological polar surface area (TPSA) is 29.3 Å². The molecule has 0 bridgehead atoms. The Hall–Kier alpha value is -0.0800. The molecule has 0 aromatic heterocycles. The van der Waals surface area contributed by atoms with Gasteiger partial charge in [0.1, 0.15) is 0 Å². The van der Waals surface area contributed by atoms with E-state index in [1.165, 1.54) is 6.42 Å². The van der Waals surface area contributed by atoms with Crippen LogP contribution in [0, 0.1) is 5.92 Å². The van der Waals surface area contributed by atoms with Gasteiger partial charge in [-0.05, 0) is 32.9 Å². The van der Waals surface area contributed by atoms with Crippen molar-refractivity contribution < 1.29 is 0 Å². The molecule has 0 aliphatic rings. The molecule has 10 heavy (non-hydrogen) atoms. The minimum Gasteiger partial charge on any atom is -0.316 e. The van der Waals surface area contributed by atoms with Crippen molar-refractivity contribution in [1.29, 1.82) is 0 Å². The molecule has 0 aliphatic carbocycles. The molecule has 0 saturated heterocycles. The second-order valence-electron chi connectivity index (χ2n) is 3.50. The highest BCUT2D eigenvalue weighted by molar-refractivity contribution is 4.58. The van der Waals surface area contributed by atoms with Gasteiger partial charge in [-0.1, -0.05) is 13.8 Å². The van der Waals surface area contributed by atoms with Crippen molar-refractivity contribution in [2.24, 2.45) is 11.7 Å². The highest BCUT2D eigenvalue weighted by Gasteiger charge is 2.04. The fourth-order valence-corrected chi connectivity index (χ4v) is 0.762. The summed E-state index contributed by atoms with van der Waals surface area (Å²) in [7, 11) is 4.04. The Morgan fingerprint density at radius 3 is 2.00 bits per heavy atom. The predicted octanol–water partition coefficient (Wildman–Crippen LogP) is 1.27. The summed E-state index contributed by atoms with van der Waals surface area (Å²) >= 11 is 0. The van der Waals surface area contributed by atoms with Gasteiger partial charge < -0.3 is 5.73 Å². The van der Waals surface area contributed by atoms with Gasteiger partial charge in [0.15, 0.2) is 0 Å². The van der Waals surface area contributed by atoms with Crippen molar-refractivity contribution in [1.82, 2.24) is 4.90 Å². The van der Waals surface area contributed by atoms with E-state index in [0.29, 0.717) is 0 Å². The normalized spacial score (nSPS) is 14.7. The lowest BCUT2D eigenvalue weighted by molar-refractivity contribution is 0.271. The van der Waals surface area contributed by atoms with Crippen LogP contribution in [0.5, 0.6) is 0 Å². The molecule has 0 aromatic rings. The van der Waals surface area contributed by atoms with E-state index in [4.69, 9.17) is 5.73 Å². The molecule has 2 nitrogen and oxygen atoms in total. The minimum absolute atomic E-state index is 0.238. The standard InChI is InChI=1S/C8H20N2/c1-7(2)5-6-8(9)10(3)4/h7-8H,5-6,9H2,1-4H3. The summed E-state index contributed by atoms with van der Waals surface area (Å²) in [6, 6.07) is 0. The number of hydrogen-bond acceptors (Lipinski definition) is 2. The third-order valence-corrected chi connectivity index (χ3v) is 1.70. The summed E-state index contributed by atoms with van der Waals surface area (Å²) in [5.41, 5.74) is 5.79. The van der Waals surface area contributed by atoms with Crippen LogP contribution in [0.4, 0.5) is 0 Å². The molecule has 1 unspecified atom stereocenters. The molecule has 0 saturated carbocycles. The van der Waals surface area contributed by atoms with Crippen LogP contribution in [0.1, 0.15) is 26.7 Å². The fourth-order valence-electron chi connectivity index (χ4n) is 0.762. The van der Waals surface area contributed by atoms with Gasteiger partial charge >= 0.3 is 0 Å². The van der Waals surface area contributed by atoms with Crippen LogP contribution in [0.15, 0.2) is 0 Å². The van der Waals surface area contributed by atoms with E-state index in [0.717, 1.165) is 12.3 Å². The van der Waals surface area contributed by atoms with Crippen LogP contribution in [-0.2, 0) is 0 Å². The summed E-state index contributed by atoms with van der Waals surface area (Å²) < 4.78 is 0. The van der Waals surface area contributed by atoms with Crippen molar-refractivity contribution in [2.75, 3.05) is 14.1 Å². The Balaban J connectivity index is 3.30. The molecule has 0 aliphatic heterocycles. The first kappa shape index (κ1) is 9.92. The molecule has 2 N–H and O–H groups in total. The molecule has 0 radical (unpaired) electrons. The average Bonchev–Trinajstić information content (AvgIpc) is 1.82. The van der Waals surface area contributed by atoms with Crippen LogP contribution in [0.25, 0.3) is 0 Å². The third kappa shape index (κ3) is 4.77. The maximum atomic E-state index is 5.79. The van der Waals surface area contributed by atoms with E-state index in [-0.39, 0.29) is 6.17 Å². The Morgan fingerprint density at radius 1 is 1.20 bits per heavy atom. The molecule has 2 heteroatoms. The van der Waals surface area contributed by atoms with E-state index < -0.39 is 0 Å². The summed E-state index contributed by atoms with van der Waals surface area (Å²) in [6.07, 6.45) is 2.56. The van der Waals surface area contributed by atoms with E-state index in [9.17, 15) is 0 Å². The molecule has 1 atom stereocenters. The van der Waals surface area contributed by atoms with E-state index in [1.54, 1.807) is 0 Å². The Kier molecular flexibility index (Phi) is 4.65. The van der Waals surface area contributed by atoms with Gasteiger partial charge in [-0.3, -0.25) is 4.90 Å². The summed E-state index contributed by atoms with van der Waals surface area (Å²) in [6.45, 7) is 4.45. The Labute approximate surface area is 64.4 Å². The van der Waals surface area contributed by atoms with Gasteiger partial charge in [-0.15, -0.1) is 0 Å². The Bertz CT molecular complexity index is 79.3. The van der Waals surface area contributed by atoms with Gasteiger partial charge in [0.2, 0.25) is 0 Å². The highest BCUT2D eigenvalue weighted by atomic mass is 15.2. The Morgan fingerprint density at radius 2 is 1.70 bits per heavy atom. The lowest BCUT2D eigenvalue weighted by atomic mass is 10.1. The second kappa shape index (κ2) is 4.69. The van der Waals surface area contributed by atoms with Crippen LogP contribution >= 0.6 is 0 Å². The lowest BCUT2D eigenvalue weighted by Crippen LogP contribution is -2.36. The molecule has 0 aromatic carbocycles. The quantitative estimate of drug-likeness (QED) is 0.602. The molecule has 0 fully saturated rings. The minimum atomic E-state index is 0.238. The van der Waals surface area contributed by atoms with E-state index in [2.05, 4.69) is 18.7 Å². The largest absolute Gasteiger partial charge is 0.316 e. The van der Waals surface area contributed by atoms with E-state index in [1.807, 2.05) is 14.1 Å². The predicted molar refractivity (Wildman–Crippen MR) is 45.7 cm³/mol. The molecule has 0 amide bonds. The number of hydrogen-bond donors (Lipinski definition) is 1. The van der Waals surface area contributed by atoms with Gasteiger partial charge in [0.25, 0.3) is 0 Å². The molecular formula is C8H20N2. The zero-order chi connectivity index (χ0) is 8.15. The zero-order valence-corrected chi connectivity index (χ0v) is 7.59. The molecule has 0 heterocycles. The zero-order valence-electron chi connectivity index (χ0n) is 7.59. The first-order chi connectivity index (χ1) is 4.54. The van der Waals surface area contributed by atoms with Crippen molar-refractivity contribution in [3.63, 3.8) is 0 Å². The number of nitrogens with zero attached hydrogens (tertiary/aromatic N) is 1. The monoisotopic (exact) mass is 144 g/mol. The smallest absolute Gasteiger partial charge is 0.0566 e. The molecule has 0 spiro atoms. The second-order valence-corrected chi connectivity index (χ2v) is 3.50. The average molecular weight is 144 g/mol. The van der Waals surface area contributed by atoms with Gasteiger partial charge in [-0.25, -0.2) is 0 Å². The molecular weight excluding hydrogens is 124 g/mol. The van der Waals surface area contributed by atoms with E-state index >= 15 is 0 Å². The van der Waals surface area contributed by atoms with Crippen LogP contribution < -0.4 is 5.73 Å². The maximum absolute atomic E-state index is 5.79. The number of rotatable bonds is 4. The van der Waals surface area contributed by atoms with Crippen molar-refractivity contribution in [2.45, 2.75) is 32.9 Å². The van der Waals surface area contributed by atoms with Crippen molar-refractivity contribution in [3.05, 3.63) is 0 Å².